The molecule has 0 saturated carbocycles. The van der Waals surface area contributed by atoms with Gasteiger partial charge in [-0.15, -0.1) is 0 Å². The maximum atomic E-state index is 12.0. The molecule has 0 radical (unpaired) electrons. The summed E-state index contributed by atoms with van der Waals surface area (Å²) in [4.78, 5) is 16.2. The summed E-state index contributed by atoms with van der Waals surface area (Å²) in [5.74, 6) is 0. The zero-order valence-electron chi connectivity index (χ0n) is 12.7. The van der Waals surface area contributed by atoms with Crippen molar-refractivity contribution in [3.63, 3.8) is 0 Å². The lowest BCUT2D eigenvalue weighted by molar-refractivity contribution is 0.0525. The molecule has 19 heavy (non-hydrogen) atoms. The van der Waals surface area contributed by atoms with Crippen LogP contribution in [-0.2, 0) is 4.74 Å². The summed E-state index contributed by atoms with van der Waals surface area (Å²) in [6, 6.07) is 0.296. The van der Waals surface area contributed by atoms with E-state index in [1.807, 2.05) is 4.90 Å². The topological polar surface area (TPSA) is 44.8 Å². The van der Waals surface area contributed by atoms with Crippen molar-refractivity contribution in [1.82, 2.24) is 15.1 Å². The first-order valence-corrected chi connectivity index (χ1v) is 7.52. The SMILES string of the molecule is CCN(CC)CCCC(C)NC(=O)N1CCOCC1. The van der Waals surface area contributed by atoms with Gasteiger partial charge in [-0.1, -0.05) is 13.8 Å². The van der Waals surface area contributed by atoms with Gasteiger partial charge in [0.05, 0.1) is 13.2 Å². The lowest BCUT2D eigenvalue weighted by atomic mass is 10.2. The smallest absolute Gasteiger partial charge is 0.317 e. The maximum absolute atomic E-state index is 12.0. The van der Waals surface area contributed by atoms with E-state index in [1.54, 1.807) is 0 Å². The molecule has 2 amide bonds. The van der Waals surface area contributed by atoms with Gasteiger partial charge in [-0.05, 0) is 39.4 Å². The zero-order chi connectivity index (χ0) is 14.1. The van der Waals surface area contributed by atoms with Crippen LogP contribution in [0.3, 0.4) is 0 Å². The van der Waals surface area contributed by atoms with Crippen molar-refractivity contribution < 1.29 is 9.53 Å². The summed E-state index contributed by atoms with van der Waals surface area (Å²) in [6.07, 6.45) is 2.17. The summed E-state index contributed by atoms with van der Waals surface area (Å²) < 4.78 is 5.24. The Morgan fingerprint density at radius 1 is 1.32 bits per heavy atom. The van der Waals surface area contributed by atoms with E-state index < -0.39 is 0 Å². The number of amides is 2. The summed E-state index contributed by atoms with van der Waals surface area (Å²) in [5.41, 5.74) is 0. The number of morpholine rings is 1. The van der Waals surface area contributed by atoms with Gasteiger partial charge in [0, 0.05) is 19.1 Å². The highest BCUT2D eigenvalue weighted by Gasteiger charge is 2.18. The molecule has 1 fully saturated rings. The average molecular weight is 271 g/mol. The second-order valence-corrected chi connectivity index (χ2v) is 5.12. The Kier molecular flexibility index (Phi) is 7.82. The molecule has 0 spiro atoms. The third-order valence-electron chi connectivity index (χ3n) is 3.67. The van der Waals surface area contributed by atoms with Crippen molar-refractivity contribution in [3.05, 3.63) is 0 Å². The van der Waals surface area contributed by atoms with Gasteiger partial charge in [0.15, 0.2) is 0 Å². The second kappa shape index (κ2) is 9.15. The van der Waals surface area contributed by atoms with Gasteiger partial charge >= 0.3 is 6.03 Å². The molecule has 1 unspecified atom stereocenters. The summed E-state index contributed by atoms with van der Waals surface area (Å²) in [5, 5.41) is 3.07. The Hall–Kier alpha value is -0.810. The average Bonchev–Trinajstić information content (AvgIpc) is 2.44. The molecule has 1 aliphatic rings. The Balaban J connectivity index is 2.15. The molecule has 1 aliphatic heterocycles. The van der Waals surface area contributed by atoms with Gasteiger partial charge in [0.2, 0.25) is 0 Å². The Morgan fingerprint density at radius 3 is 2.53 bits per heavy atom. The minimum absolute atomic E-state index is 0.0543. The van der Waals surface area contributed by atoms with Crippen molar-refractivity contribution in [1.29, 1.82) is 0 Å². The van der Waals surface area contributed by atoms with Gasteiger partial charge in [0.1, 0.15) is 0 Å². The molecule has 5 nitrogen and oxygen atoms in total. The normalized spacial score (nSPS) is 17.6. The molecule has 112 valence electrons. The Morgan fingerprint density at radius 2 is 1.95 bits per heavy atom. The van der Waals surface area contributed by atoms with Crippen LogP contribution in [0.5, 0.6) is 0 Å². The molecule has 0 aromatic heterocycles. The number of urea groups is 1. The number of nitrogens with zero attached hydrogens (tertiary/aromatic N) is 2. The number of carbonyl (C=O) groups excluding carboxylic acids is 1. The fourth-order valence-corrected chi connectivity index (χ4v) is 2.30. The number of ether oxygens (including phenoxy) is 1. The number of nitrogens with one attached hydrogen (secondary N) is 1. The lowest BCUT2D eigenvalue weighted by Crippen LogP contribution is -2.48. The van der Waals surface area contributed by atoms with Crippen LogP contribution < -0.4 is 5.32 Å². The summed E-state index contributed by atoms with van der Waals surface area (Å²) in [7, 11) is 0. The second-order valence-electron chi connectivity index (χ2n) is 5.12. The molecule has 0 bridgehead atoms. The van der Waals surface area contributed by atoms with Crippen LogP contribution in [0.1, 0.15) is 33.6 Å². The van der Waals surface area contributed by atoms with E-state index in [4.69, 9.17) is 4.74 Å². The molecule has 0 aromatic carbocycles. The van der Waals surface area contributed by atoms with Crippen molar-refractivity contribution >= 4 is 6.03 Å². The fraction of sp³-hybridized carbons (Fsp3) is 0.929. The molecular formula is C14H29N3O2. The highest BCUT2D eigenvalue weighted by molar-refractivity contribution is 5.74. The van der Waals surface area contributed by atoms with Crippen LogP contribution in [0.15, 0.2) is 0 Å². The summed E-state index contributed by atoms with van der Waals surface area (Å²) in [6.45, 7) is 12.5. The molecule has 1 rings (SSSR count). The minimum atomic E-state index is 0.0543. The molecule has 5 heteroatoms. The van der Waals surface area contributed by atoms with Crippen LogP contribution in [-0.4, -0.2) is 67.8 Å². The molecule has 1 heterocycles. The predicted octanol–water partition coefficient (Wildman–Crippen LogP) is 1.54. The van der Waals surface area contributed by atoms with Crippen molar-refractivity contribution in [2.75, 3.05) is 45.9 Å². The van der Waals surface area contributed by atoms with E-state index in [-0.39, 0.29) is 12.1 Å². The first kappa shape index (κ1) is 16.2. The summed E-state index contributed by atoms with van der Waals surface area (Å²) >= 11 is 0. The van der Waals surface area contributed by atoms with Crippen LogP contribution in [0.25, 0.3) is 0 Å². The van der Waals surface area contributed by atoms with Crippen molar-refractivity contribution in [2.45, 2.75) is 39.7 Å². The van der Waals surface area contributed by atoms with E-state index in [0.29, 0.717) is 26.3 Å². The standard InChI is InChI=1S/C14H29N3O2/c1-4-16(5-2)8-6-7-13(3)15-14(18)17-9-11-19-12-10-17/h13H,4-12H2,1-3H3,(H,15,18). The maximum Gasteiger partial charge on any atom is 0.317 e. The Labute approximate surface area is 117 Å². The quantitative estimate of drug-likeness (QED) is 0.764. The fourth-order valence-electron chi connectivity index (χ4n) is 2.30. The molecule has 1 N–H and O–H groups in total. The van der Waals surface area contributed by atoms with E-state index in [9.17, 15) is 4.79 Å². The predicted molar refractivity (Wildman–Crippen MR) is 77.4 cm³/mol. The van der Waals surface area contributed by atoms with Crippen LogP contribution in [0.4, 0.5) is 4.79 Å². The zero-order valence-corrected chi connectivity index (χ0v) is 12.7. The molecular weight excluding hydrogens is 242 g/mol. The highest BCUT2D eigenvalue weighted by atomic mass is 16.5. The lowest BCUT2D eigenvalue weighted by Gasteiger charge is -2.28. The monoisotopic (exact) mass is 271 g/mol. The minimum Gasteiger partial charge on any atom is -0.378 e. The van der Waals surface area contributed by atoms with Gasteiger partial charge in [-0.2, -0.15) is 0 Å². The van der Waals surface area contributed by atoms with Crippen LogP contribution in [0, 0.1) is 0 Å². The third-order valence-corrected chi connectivity index (χ3v) is 3.67. The van der Waals surface area contributed by atoms with Gasteiger partial charge in [-0.25, -0.2) is 4.79 Å². The number of hydrogen-bond donors (Lipinski definition) is 1. The van der Waals surface area contributed by atoms with Gasteiger partial charge in [0.25, 0.3) is 0 Å². The molecule has 1 atom stereocenters. The molecule has 0 aromatic rings. The third kappa shape index (κ3) is 6.25. The number of hydrogen-bond acceptors (Lipinski definition) is 3. The molecule has 1 saturated heterocycles. The number of carbonyl (C=O) groups is 1. The first-order chi connectivity index (χ1) is 9.17. The van der Waals surface area contributed by atoms with E-state index >= 15 is 0 Å². The van der Waals surface area contributed by atoms with E-state index in [2.05, 4.69) is 31.0 Å². The van der Waals surface area contributed by atoms with Gasteiger partial charge < -0.3 is 19.9 Å². The van der Waals surface area contributed by atoms with Crippen molar-refractivity contribution in [3.8, 4) is 0 Å². The molecule has 0 aliphatic carbocycles. The largest absolute Gasteiger partial charge is 0.378 e. The van der Waals surface area contributed by atoms with Crippen LogP contribution >= 0.6 is 0 Å². The van der Waals surface area contributed by atoms with E-state index in [1.165, 1.54) is 0 Å². The van der Waals surface area contributed by atoms with Crippen LogP contribution in [0.2, 0.25) is 0 Å². The number of rotatable bonds is 7. The van der Waals surface area contributed by atoms with Gasteiger partial charge in [-0.3, -0.25) is 0 Å². The van der Waals surface area contributed by atoms with E-state index in [0.717, 1.165) is 32.5 Å². The highest BCUT2D eigenvalue weighted by Crippen LogP contribution is 2.02. The van der Waals surface area contributed by atoms with Crippen molar-refractivity contribution in [2.24, 2.45) is 0 Å². The first-order valence-electron chi connectivity index (χ1n) is 7.52. The Bertz CT molecular complexity index is 251.